The van der Waals surface area contributed by atoms with Crippen LogP contribution in [0, 0.1) is 0 Å². The molecule has 6 nitrogen and oxygen atoms in total. The van der Waals surface area contributed by atoms with Gasteiger partial charge in [0.2, 0.25) is 0 Å². The predicted octanol–water partition coefficient (Wildman–Crippen LogP) is 1.94. The van der Waals surface area contributed by atoms with Gasteiger partial charge < -0.3 is 0 Å². The standard InChI is InChI=1S/C12H10N4O2S2/c17-11(9-3-1-7-19-9)15-13-5-6-14-16-12(18)10-4-2-8-20-10/h1-8H,(H,15,17)(H,16,18)/b13-5+,14-6+. The maximum atomic E-state index is 11.5. The topological polar surface area (TPSA) is 82.9 Å². The van der Waals surface area contributed by atoms with Crippen molar-refractivity contribution >= 4 is 46.9 Å². The van der Waals surface area contributed by atoms with Gasteiger partial charge in [-0.05, 0) is 22.9 Å². The molecule has 2 heterocycles. The van der Waals surface area contributed by atoms with E-state index in [0.717, 1.165) is 0 Å². The van der Waals surface area contributed by atoms with E-state index < -0.39 is 0 Å². The lowest BCUT2D eigenvalue weighted by Gasteiger charge is -1.94. The van der Waals surface area contributed by atoms with Crippen molar-refractivity contribution in [3.05, 3.63) is 44.8 Å². The molecule has 102 valence electrons. The summed E-state index contributed by atoms with van der Waals surface area (Å²) in [7, 11) is 0. The SMILES string of the molecule is O=C(N/N=C/C=N/NC(=O)c1cccs1)c1cccs1. The summed E-state index contributed by atoms with van der Waals surface area (Å²) in [6.45, 7) is 0. The number of amides is 2. The molecule has 0 saturated carbocycles. The summed E-state index contributed by atoms with van der Waals surface area (Å²) in [6, 6.07) is 6.96. The molecule has 0 fully saturated rings. The lowest BCUT2D eigenvalue weighted by Crippen LogP contribution is -2.17. The number of carbonyl (C=O) groups excluding carboxylic acids is 2. The number of hydrogen-bond donors (Lipinski definition) is 2. The lowest BCUT2D eigenvalue weighted by molar-refractivity contribution is 0.0950. The first-order chi connectivity index (χ1) is 9.77. The molecular formula is C12H10N4O2S2. The van der Waals surface area contributed by atoms with Gasteiger partial charge in [-0.1, -0.05) is 12.1 Å². The second-order valence-electron chi connectivity index (χ2n) is 3.39. The fourth-order valence-corrected chi connectivity index (χ4v) is 2.41. The third kappa shape index (κ3) is 4.11. The zero-order chi connectivity index (χ0) is 14.2. The van der Waals surface area contributed by atoms with E-state index in [0.29, 0.717) is 9.75 Å². The maximum Gasteiger partial charge on any atom is 0.281 e. The van der Waals surface area contributed by atoms with E-state index in [4.69, 9.17) is 0 Å². The number of nitrogens with one attached hydrogen (secondary N) is 2. The molecule has 0 atom stereocenters. The van der Waals surface area contributed by atoms with Crippen LogP contribution in [0.5, 0.6) is 0 Å². The van der Waals surface area contributed by atoms with Crippen LogP contribution in [0.1, 0.15) is 19.3 Å². The van der Waals surface area contributed by atoms with Crippen LogP contribution in [0.3, 0.4) is 0 Å². The second-order valence-corrected chi connectivity index (χ2v) is 5.29. The van der Waals surface area contributed by atoms with Crippen LogP contribution in [-0.4, -0.2) is 24.2 Å². The van der Waals surface area contributed by atoms with Crippen LogP contribution < -0.4 is 10.9 Å². The highest BCUT2D eigenvalue weighted by atomic mass is 32.1. The van der Waals surface area contributed by atoms with Crippen molar-refractivity contribution in [1.29, 1.82) is 0 Å². The van der Waals surface area contributed by atoms with Crippen molar-refractivity contribution in [1.82, 2.24) is 10.9 Å². The third-order valence-corrected chi connectivity index (χ3v) is 3.78. The number of rotatable bonds is 5. The molecule has 8 heteroatoms. The average molecular weight is 306 g/mol. The molecule has 0 radical (unpaired) electrons. The van der Waals surface area contributed by atoms with E-state index >= 15 is 0 Å². The molecule has 2 N–H and O–H groups in total. The van der Waals surface area contributed by atoms with Gasteiger partial charge in [0.25, 0.3) is 11.8 Å². The minimum Gasteiger partial charge on any atom is -0.266 e. The van der Waals surface area contributed by atoms with E-state index in [1.165, 1.54) is 35.1 Å². The number of thiophene rings is 2. The van der Waals surface area contributed by atoms with Crippen LogP contribution in [0.2, 0.25) is 0 Å². The Morgan fingerprint density at radius 3 is 1.70 bits per heavy atom. The normalized spacial score (nSPS) is 11.0. The summed E-state index contributed by atoms with van der Waals surface area (Å²) in [5.74, 6) is -0.570. The van der Waals surface area contributed by atoms with Crippen molar-refractivity contribution in [3.63, 3.8) is 0 Å². The molecule has 2 amide bonds. The fourth-order valence-electron chi connectivity index (χ4n) is 1.18. The number of carbonyl (C=O) groups is 2. The van der Waals surface area contributed by atoms with Gasteiger partial charge in [-0.25, -0.2) is 10.9 Å². The van der Waals surface area contributed by atoms with Crippen LogP contribution >= 0.6 is 22.7 Å². The van der Waals surface area contributed by atoms with Gasteiger partial charge in [-0.2, -0.15) is 10.2 Å². The predicted molar refractivity (Wildman–Crippen MR) is 80.6 cm³/mol. The maximum absolute atomic E-state index is 11.5. The third-order valence-electron chi connectivity index (χ3n) is 2.04. The van der Waals surface area contributed by atoms with Crippen molar-refractivity contribution in [2.75, 3.05) is 0 Å². The molecule has 0 aromatic carbocycles. The lowest BCUT2D eigenvalue weighted by atomic mass is 10.4. The molecule has 0 aliphatic carbocycles. The molecule has 2 rings (SSSR count). The Balaban J connectivity index is 1.72. The van der Waals surface area contributed by atoms with Crippen molar-refractivity contribution in [2.24, 2.45) is 10.2 Å². The van der Waals surface area contributed by atoms with Gasteiger partial charge in [-0.15, -0.1) is 22.7 Å². The minimum atomic E-state index is -0.285. The highest BCUT2D eigenvalue weighted by Crippen LogP contribution is 2.07. The first-order valence-corrected chi connectivity index (χ1v) is 7.25. The van der Waals surface area contributed by atoms with E-state index in [1.54, 1.807) is 35.0 Å². The Kier molecular flexibility index (Phi) is 5.15. The molecule has 2 aromatic rings. The summed E-state index contributed by atoms with van der Waals surface area (Å²) >= 11 is 2.65. The fraction of sp³-hybridized carbons (Fsp3) is 0. The zero-order valence-corrected chi connectivity index (χ0v) is 11.8. The van der Waals surface area contributed by atoms with Gasteiger partial charge in [0, 0.05) is 0 Å². The highest BCUT2D eigenvalue weighted by molar-refractivity contribution is 7.12. The Bertz CT molecular complexity index is 562. The highest BCUT2D eigenvalue weighted by Gasteiger charge is 2.04. The summed E-state index contributed by atoms with van der Waals surface area (Å²) in [4.78, 5) is 24.1. The summed E-state index contributed by atoms with van der Waals surface area (Å²) < 4.78 is 0. The van der Waals surface area contributed by atoms with Crippen LogP contribution in [-0.2, 0) is 0 Å². The Morgan fingerprint density at radius 2 is 1.35 bits per heavy atom. The van der Waals surface area contributed by atoms with Gasteiger partial charge in [0.1, 0.15) is 0 Å². The molecule has 0 unspecified atom stereocenters. The summed E-state index contributed by atoms with van der Waals surface area (Å²) in [5, 5.41) is 11.0. The quantitative estimate of drug-likeness (QED) is 0.653. The summed E-state index contributed by atoms with van der Waals surface area (Å²) in [5.41, 5.74) is 4.68. The van der Waals surface area contributed by atoms with Gasteiger partial charge in [0.15, 0.2) is 0 Å². The van der Waals surface area contributed by atoms with Crippen molar-refractivity contribution in [2.45, 2.75) is 0 Å². The monoisotopic (exact) mass is 306 g/mol. The van der Waals surface area contributed by atoms with Crippen molar-refractivity contribution in [3.8, 4) is 0 Å². The van der Waals surface area contributed by atoms with E-state index in [-0.39, 0.29) is 11.8 Å². The molecule has 2 aromatic heterocycles. The van der Waals surface area contributed by atoms with Crippen LogP contribution in [0.15, 0.2) is 45.2 Å². The van der Waals surface area contributed by atoms with Crippen LogP contribution in [0.25, 0.3) is 0 Å². The Labute approximate surface area is 122 Å². The smallest absolute Gasteiger partial charge is 0.266 e. The van der Waals surface area contributed by atoms with Crippen molar-refractivity contribution < 1.29 is 9.59 Å². The molecule has 20 heavy (non-hydrogen) atoms. The Morgan fingerprint density at radius 1 is 0.900 bits per heavy atom. The van der Waals surface area contributed by atoms with Gasteiger partial charge in [0.05, 0.1) is 22.2 Å². The first kappa shape index (κ1) is 14.1. The summed E-state index contributed by atoms with van der Waals surface area (Å²) in [6.07, 6.45) is 2.56. The Hall–Kier alpha value is -2.32. The second kappa shape index (κ2) is 7.31. The number of hydrazone groups is 2. The molecule has 0 spiro atoms. The van der Waals surface area contributed by atoms with E-state index in [1.807, 2.05) is 0 Å². The molecule has 0 saturated heterocycles. The average Bonchev–Trinajstić information content (AvgIpc) is 3.14. The van der Waals surface area contributed by atoms with Gasteiger partial charge in [-0.3, -0.25) is 9.59 Å². The van der Waals surface area contributed by atoms with Gasteiger partial charge >= 0.3 is 0 Å². The van der Waals surface area contributed by atoms with E-state index in [2.05, 4.69) is 21.1 Å². The minimum absolute atomic E-state index is 0.285. The van der Waals surface area contributed by atoms with Crippen LogP contribution in [0.4, 0.5) is 0 Å². The first-order valence-electron chi connectivity index (χ1n) is 5.50. The largest absolute Gasteiger partial charge is 0.281 e. The van der Waals surface area contributed by atoms with E-state index in [9.17, 15) is 9.59 Å². The number of nitrogens with zero attached hydrogens (tertiary/aromatic N) is 2. The molecule has 0 aliphatic heterocycles. The molecule has 0 aliphatic rings. The molecule has 0 bridgehead atoms. The molecular weight excluding hydrogens is 296 g/mol. The number of hydrogen-bond acceptors (Lipinski definition) is 6. The zero-order valence-electron chi connectivity index (χ0n) is 10.1.